The minimum absolute atomic E-state index is 0.233. The minimum atomic E-state index is -0.262. The molecule has 0 bridgehead atoms. The third-order valence-corrected chi connectivity index (χ3v) is 6.79. The van der Waals surface area contributed by atoms with Gasteiger partial charge in [0, 0.05) is 0 Å². The Morgan fingerprint density at radius 3 is 1.59 bits per heavy atom. The molecule has 0 aromatic heterocycles. The van der Waals surface area contributed by atoms with Gasteiger partial charge in [0.25, 0.3) is 0 Å². The Kier molecular flexibility index (Phi) is 15.2. The van der Waals surface area contributed by atoms with Crippen LogP contribution < -0.4 is 0 Å². The van der Waals surface area contributed by atoms with Crippen LogP contribution in [0.15, 0.2) is 36.4 Å². The summed E-state index contributed by atoms with van der Waals surface area (Å²) >= 11 is 0. The minimum Gasteiger partial charge on any atom is -0.508 e. The van der Waals surface area contributed by atoms with Gasteiger partial charge in [-0.2, -0.15) is 0 Å². The molecule has 0 radical (unpaired) electrons. The van der Waals surface area contributed by atoms with Gasteiger partial charge in [0.15, 0.2) is 0 Å². The Balaban J connectivity index is 1.35. The molecule has 0 aliphatic rings. The fourth-order valence-corrected chi connectivity index (χ4v) is 4.61. The van der Waals surface area contributed by atoms with Crippen molar-refractivity contribution in [1.29, 1.82) is 0 Å². The largest absolute Gasteiger partial charge is 0.508 e. The lowest BCUT2D eigenvalue weighted by Gasteiger charge is -2.07. The lowest BCUT2D eigenvalue weighted by molar-refractivity contribution is 0.0498. The van der Waals surface area contributed by atoms with Crippen molar-refractivity contribution in [1.82, 2.24) is 0 Å². The van der Waals surface area contributed by atoms with Crippen molar-refractivity contribution in [3.8, 4) is 5.75 Å². The van der Waals surface area contributed by atoms with Gasteiger partial charge in [-0.3, -0.25) is 0 Å². The molecular formula is C31H48O3. The summed E-state index contributed by atoms with van der Waals surface area (Å²) in [5.74, 6) is -0.0288. The Bertz CT molecular complexity index is 798. The second-order valence-electron chi connectivity index (χ2n) is 9.89. The van der Waals surface area contributed by atoms with Crippen molar-refractivity contribution in [2.45, 2.75) is 122 Å². The van der Waals surface area contributed by atoms with E-state index in [1.807, 2.05) is 18.2 Å². The van der Waals surface area contributed by atoms with Crippen LogP contribution in [0.1, 0.15) is 133 Å². The summed E-state index contributed by atoms with van der Waals surface area (Å²) in [5.41, 5.74) is 0.570. The summed E-state index contributed by atoms with van der Waals surface area (Å²) in [6.45, 7) is 2.77. The summed E-state index contributed by atoms with van der Waals surface area (Å²) < 4.78 is 5.44. The number of carbonyl (C=O) groups is 1. The van der Waals surface area contributed by atoms with Crippen LogP contribution in [0.4, 0.5) is 0 Å². The molecule has 3 heteroatoms. The van der Waals surface area contributed by atoms with Crippen LogP contribution in [0.2, 0.25) is 0 Å². The van der Waals surface area contributed by atoms with Gasteiger partial charge in [-0.25, -0.2) is 4.79 Å². The zero-order valence-corrected chi connectivity index (χ0v) is 21.7. The number of ether oxygens (including phenoxy) is 1. The van der Waals surface area contributed by atoms with Crippen LogP contribution in [0.25, 0.3) is 10.8 Å². The molecule has 0 saturated carbocycles. The van der Waals surface area contributed by atoms with Crippen molar-refractivity contribution in [2.24, 2.45) is 0 Å². The standard InChI is InChI=1S/C31H48O3/c1-2-3-4-5-6-7-8-9-10-11-12-13-14-15-16-17-18-19-24-34-31(33)29-21-20-28-26-30(32)23-22-27(28)25-29/h20-23,25-26,32H,2-19,24H2,1H3. The molecule has 0 heterocycles. The van der Waals surface area contributed by atoms with Gasteiger partial charge in [0.1, 0.15) is 5.75 Å². The maximum absolute atomic E-state index is 12.3. The first-order chi connectivity index (χ1) is 16.7. The Morgan fingerprint density at radius 2 is 1.06 bits per heavy atom. The van der Waals surface area contributed by atoms with E-state index in [-0.39, 0.29) is 11.7 Å². The molecule has 0 aliphatic carbocycles. The van der Waals surface area contributed by atoms with E-state index in [1.54, 1.807) is 18.2 Å². The Labute approximate surface area is 208 Å². The number of hydrogen-bond donors (Lipinski definition) is 1. The molecule has 0 aliphatic heterocycles. The van der Waals surface area contributed by atoms with Gasteiger partial charge in [0.05, 0.1) is 12.2 Å². The van der Waals surface area contributed by atoms with Gasteiger partial charge in [-0.15, -0.1) is 0 Å². The number of carbonyl (C=O) groups excluding carboxylic acids is 1. The summed E-state index contributed by atoms with van der Waals surface area (Å²) in [7, 11) is 0. The number of fused-ring (bicyclic) bond motifs is 1. The molecule has 3 nitrogen and oxygen atoms in total. The third kappa shape index (κ3) is 12.4. The van der Waals surface area contributed by atoms with Crippen molar-refractivity contribution < 1.29 is 14.6 Å². The van der Waals surface area contributed by atoms with E-state index < -0.39 is 0 Å². The number of phenols is 1. The highest BCUT2D eigenvalue weighted by Crippen LogP contribution is 2.21. The number of esters is 1. The highest BCUT2D eigenvalue weighted by Gasteiger charge is 2.08. The molecule has 0 fully saturated rings. The quantitative estimate of drug-likeness (QED) is 0.155. The highest BCUT2D eigenvalue weighted by molar-refractivity contribution is 5.95. The van der Waals surface area contributed by atoms with Crippen LogP contribution in [0, 0.1) is 0 Å². The van der Waals surface area contributed by atoms with E-state index in [0.717, 1.165) is 23.6 Å². The van der Waals surface area contributed by atoms with E-state index in [2.05, 4.69) is 6.92 Å². The molecule has 0 saturated heterocycles. The number of phenolic OH excluding ortho intramolecular Hbond substituents is 1. The molecule has 34 heavy (non-hydrogen) atoms. The third-order valence-electron chi connectivity index (χ3n) is 6.79. The maximum Gasteiger partial charge on any atom is 0.338 e. The van der Waals surface area contributed by atoms with Gasteiger partial charge >= 0.3 is 5.97 Å². The zero-order chi connectivity index (χ0) is 24.3. The average molecular weight is 469 g/mol. The van der Waals surface area contributed by atoms with Crippen LogP contribution in [-0.2, 0) is 4.74 Å². The first kappa shape index (κ1) is 28.2. The van der Waals surface area contributed by atoms with Crippen LogP contribution in [0.5, 0.6) is 5.75 Å². The maximum atomic E-state index is 12.3. The molecule has 2 aromatic carbocycles. The SMILES string of the molecule is CCCCCCCCCCCCCCCCCCCCOC(=O)c1ccc2cc(O)ccc2c1. The lowest BCUT2D eigenvalue weighted by Crippen LogP contribution is -2.06. The van der Waals surface area contributed by atoms with Gasteiger partial charge < -0.3 is 9.84 Å². The topological polar surface area (TPSA) is 46.5 Å². The Hall–Kier alpha value is -2.03. The summed E-state index contributed by atoms with van der Waals surface area (Å²) in [5, 5.41) is 11.4. The molecule has 0 atom stereocenters. The number of benzene rings is 2. The summed E-state index contributed by atoms with van der Waals surface area (Å²) in [6.07, 6.45) is 24.3. The molecule has 0 unspecified atom stereocenters. The summed E-state index contributed by atoms with van der Waals surface area (Å²) in [6, 6.07) is 10.6. The highest BCUT2D eigenvalue weighted by atomic mass is 16.5. The monoisotopic (exact) mass is 468 g/mol. The second-order valence-corrected chi connectivity index (χ2v) is 9.89. The van der Waals surface area contributed by atoms with E-state index in [4.69, 9.17) is 4.74 Å². The average Bonchev–Trinajstić information content (AvgIpc) is 2.85. The first-order valence-corrected chi connectivity index (χ1v) is 14.1. The van der Waals surface area contributed by atoms with E-state index in [9.17, 15) is 9.90 Å². The first-order valence-electron chi connectivity index (χ1n) is 14.1. The van der Waals surface area contributed by atoms with E-state index in [0.29, 0.717) is 12.2 Å². The molecule has 190 valence electrons. The van der Waals surface area contributed by atoms with Crippen molar-refractivity contribution >= 4 is 16.7 Å². The fraction of sp³-hybridized carbons (Fsp3) is 0.645. The lowest BCUT2D eigenvalue weighted by atomic mass is 10.0. The molecule has 2 aromatic rings. The van der Waals surface area contributed by atoms with Crippen LogP contribution >= 0.6 is 0 Å². The second kappa shape index (κ2) is 18.3. The molecule has 1 N–H and O–H groups in total. The predicted molar refractivity (Wildman–Crippen MR) is 145 cm³/mol. The Morgan fingerprint density at radius 1 is 0.618 bits per heavy atom. The smallest absolute Gasteiger partial charge is 0.338 e. The molecule has 0 spiro atoms. The fourth-order valence-electron chi connectivity index (χ4n) is 4.61. The van der Waals surface area contributed by atoms with Gasteiger partial charge in [0.2, 0.25) is 0 Å². The van der Waals surface area contributed by atoms with Crippen molar-refractivity contribution in [3.05, 3.63) is 42.0 Å². The number of hydrogen-bond acceptors (Lipinski definition) is 3. The van der Waals surface area contributed by atoms with Crippen molar-refractivity contribution in [3.63, 3.8) is 0 Å². The predicted octanol–water partition coefficient (Wildman–Crippen LogP) is 9.74. The number of unbranched alkanes of at least 4 members (excludes halogenated alkanes) is 17. The van der Waals surface area contributed by atoms with Crippen molar-refractivity contribution in [2.75, 3.05) is 6.61 Å². The van der Waals surface area contributed by atoms with Gasteiger partial charge in [-0.1, -0.05) is 128 Å². The van der Waals surface area contributed by atoms with Crippen LogP contribution in [0.3, 0.4) is 0 Å². The molecule has 0 amide bonds. The van der Waals surface area contributed by atoms with Crippen LogP contribution in [-0.4, -0.2) is 17.7 Å². The zero-order valence-electron chi connectivity index (χ0n) is 21.7. The number of rotatable bonds is 20. The molecular weight excluding hydrogens is 420 g/mol. The van der Waals surface area contributed by atoms with Gasteiger partial charge in [-0.05, 0) is 41.5 Å². The molecule has 2 rings (SSSR count). The van der Waals surface area contributed by atoms with E-state index in [1.165, 1.54) is 103 Å². The van der Waals surface area contributed by atoms with E-state index >= 15 is 0 Å². The summed E-state index contributed by atoms with van der Waals surface area (Å²) in [4.78, 5) is 12.3. The number of aromatic hydroxyl groups is 1. The normalized spacial score (nSPS) is 11.2.